The first kappa shape index (κ1) is 13.3. The summed E-state index contributed by atoms with van der Waals surface area (Å²) in [4.78, 5) is 0. The van der Waals surface area contributed by atoms with Gasteiger partial charge in [-0.05, 0) is 40.3 Å². The first-order valence-corrected chi connectivity index (χ1v) is 6.54. The maximum Gasteiger partial charge on any atom is 0.187 e. The van der Waals surface area contributed by atoms with Crippen LogP contribution in [0.4, 0.5) is 0 Å². The number of tetrazole rings is 1. The summed E-state index contributed by atoms with van der Waals surface area (Å²) in [6.07, 6.45) is 0. The van der Waals surface area contributed by atoms with E-state index in [2.05, 4.69) is 15.5 Å². The van der Waals surface area contributed by atoms with Gasteiger partial charge in [0.2, 0.25) is 0 Å². The van der Waals surface area contributed by atoms with Crippen LogP contribution in [0.3, 0.4) is 0 Å². The molecule has 1 aromatic heterocycles. The van der Waals surface area contributed by atoms with Gasteiger partial charge < -0.3 is 10.5 Å². The van der Waals surface area contributed by atoms with Crippen molar-refractivity contribution < 1.29 is 4.74 Å². The molecule has 6 heteroatoms. The zero-order chi connectivity index (χ0) is 14.7. The summed E-state index contributed by atoms with van der Waals surface area (Å²) in [5.41, 5.74) is 8.49. The second-order valence-corrected chi connectivity index (χ2v) is 4.51. The molecular formula is C15H15N5O. The van der Waals surface area contributed by atoms with E-state index in [4.69, 9.17) is 10.5 Å². The standard InChI is InChI=1S/C15H15N5O/c1-21-14-8-6-13(7-9-14)20-15(17-18-19-20)12-4-2-11(10-16)3-5-12/h2-9H,10,16H2,1H3. The lowest BCUT2D eigenvalue weighted by atomic mass is 10.1. The highest BCUT2D eigenvalue weighted by Gasteiger charge is 2.10. The lowest BCUT2D eigenvalue weighted by Crippen LogP contribution is -2.00. The molecule has 2 aromatic carbocycles. The number of rotatable bonds is 4. The predicted octanol–water partition coefficient (Wildman–Crippen LogP) is 1.80. The second kappa shape index (κ2) is 5.72. The number of ether oxygens (including phenoxy) is 1. The van der Waals surface area contributed by atoms with Crippen LogP contribution in [0.25, 0.3) is 17.1 Å². The monoisotopic (exact) mass is 281 g/mol. The van der Waals surface area contributed by atoms with Gasteiger partial charge in [0.1, 0.15) is 5.75 Å². The van der Waals surface area contributed by atoms with E-state index in [1.165, 1.54) is 0 Å². The van der Waals surface area contributed by atoms with E-state index < -0.39 is 0 Å². The van der Waals surface area contributed by atoms with Crippen molar-refractivity contribution in [2.45, 2.75) is 6.54 Å². The van der Waals surface area contributed by atoms with E-state index in [9.17, 15) is 0 Å². The molecule has 106 valence electrons. The fourth-order valence-electron chi connectivity index (χ4n) is 2.05. The van der Waals surface area contributed by atoms with Crippen molar-refractivity contribution in [2.75, 3.05) is 7.11 Å². The Kier molecular flexibility index (Phi) is 3.61. The number of hydrogen-bond donors (Lipinski definition) is 1. The Balaban J connectivity index is 1.99. The highest BCUT2D eigenvalue weighted by Crippen LogP contribution is 2.21. The van der Waals surface area contributed by atoms with Gasteiger partial charge in [-0.2, -0.15) is 4.68 Å². The highest BCUT2D eigenvalue weighted by molar-refractivity contribution is 5.57. The first-order valence-electron chi connectivity index (χ1n) is 6.54. The quantitative estimate of drug-likeness (QED) is 0.788. The molecule has 1 heterocycles. The molecule has 3 aromatic rings. The summed E-state index contributed by atoms with van der Waals surface area (Å²) in [5, 5.41) is 11.9. The summed E-state index contributed by atoms with van der Waals surface area (Å²) in [6, 6.07) is 15.4. The van der Waals surface area contributed by atoms with Gasteiger partial charge in [0.15, 0.2) is 5.82 Å². The van der Waals surface area contributed by atoms with Gasteiger partial charge in [0.05, 0.1) is 12.8 Å². The van der Waals surface area contributed by atoms with E-state index in [-0.39, 0.29) is 0 Å². The third-order valence-electron chi connectivity index (χ3n) is 3.23. The van der Waals surface area contributed by atoms with Gasteiger partial charge >= 0.3 is 0 Å². The van der Waals surface area contributed by atoms with Gasteiger partial charge in [-0.3, -0.25) is 0 Å². The molecule has 0 aliphatic heterocycles. The number of hydrogen-bond acceptors (Lipinski definition) is 5. The zero-order valence-electron chi connectivity index (χ0n) is 11.6. The van der Waals surface area contributed by atoms with Crippen LogP contribution in [0.15, 0.2) is 48.5 Å². The molecule has 0 unspecified atom stereocenters. The van der Waals surface area contributed by atoms with Crippen LogP contribution >= 0.6 is 0 Å². The van der Waals surface area contributed by atoms with E-state index in [0.717, 1.165) is 22.6 Å². The average molecular weight is 281 g/mol. The molecule has 0 saturated heterocycles. The Hall–Kier alpha value is -2.73. The average Bonchev–Trinajstić information content (AvgIpc) is 3.04. The smallest absolute Gasteiger partial charge is 0.187 e. The largest absolute Gasteiger partial charge is 0.497 e. The fraction of sp³-hybridized carbons (Fsp3) is 0.133. The van der Waals surface area contributed by atoms with Crippen LogP contribution in [0.1, 0.15) is 5.56 Å². The minimum absolute atomic E-state index is 0.518. The molecule has 0 fully saturated rings. The van der Waals surface area contributed by atoms with Crippen molar-refractivity contribution in [3.05, 3.63) is 54.1 Å². The fourth-order valence-corrected chi connectivity index (χ4v) is 2.05. The summed E-state index contributed by atoms with van der Waals surface area (Å²) in [6.45, 7) is 0.518. The van der Waals surface area contributed by atoms with Crippen molar-refractivity contribution >= 4 is 0 Å². The van der Waals surface area contributed by atoms with E-state index in [0.29, 0.717) is 12.4 Å². The number of aromatic nitrogens is 4. The molecule has 2 N–H and O–H groups in total. The van der Waals surface area contributed by atoms with Crippen LogP contribution in [0.2, 0.25) is 0 Å². The Morgan fingerprint density at radius 3 is 2.38 bits per heavy atom. The van der Waals surface area contributed by atoms with Crippen molar-refractivity contribution in [3.8, 4) is 22.8 Å². The van der Waals surface area contributed by atoms with Gasteiger partial charge in [-0.25, -0.2) is 0 Å². The zero-order valence-corrected chi connectivity index (χ0v) is 11.6. The SMILES string of the molecule is COc1ccc(-n2nnnc2-c2ccc(CN)cc2)cc1. The van der Waals surface area contributed by atoms with Crippen molar-refractivity contribution in [1.29, 1.82) is 0 Å². The van der Waals surface area contributed by atoms with E-state index >= 15 is 0 Å². The third-order valence-corrected chi connectivity index (χ3v) is 3.23. The number of methoxy groups -OCH3 is 1. The minimum atomic E-state index is 0.518. The Bertz CT molecular complexity index is 657. The topological polar surface area (TPSA) is 78.8 Å². The van der Waals surface area contributed by atoms with Gasteiger partial charge in [0.25, 0.3) is 0 Å². The molecule has 0 radical (unpaired) electrons. The molecule has 6 nitrogen and oxygen atoms in total. The molecule has 0 aliphatic rings. The summed E-state index contributed by atoms with van der Waals surface area (Å²) in [5.74, 6) is 1.48. The molecule has 3 rings (SSSR count). The van der Waals surface area contributed by atoms with Gasteiger partial charge in [-0.15, -0.1) is 5.10 Å². The minimum Gasteiger partial charge on any atom is -0.497 e. The van der Waals surface area contributed by atoms with Crippen LogP contribution in [0.5, 0.6) is 5.75 Å². The number of benzene rings is 2. The van der Waals surface area contributed by atoms with Crippen molar-refractivity contribution in [3.63, 3.8) is 0 Å². The highest BCUT2D eigenvalue weighted by atomic mass is 16.5. The number of nitrogens with zero attached hydrogens (tertiary/aromatic N) is 4. The molecule has 0 amide bonds. The van der Waals surface area contributed by atoms with Gasteiger partial charge in [0, 0.05) is 12.1 Å². The van der Waals surface area contributed by atoms with E-state index in [1.54, 1.807) is 11.8 Å². The van der Waals surface area contributed by atoms with Crippen molar-refractivity contribution in [2.24, 2.45) is 5.73 Å². The van der Waals surface area contributed by atoms with Crippen LogP contribution in [0, 0.1) is 0 Å². The maximum absolute atomic E-state index is 5.61. The van der Waals surface area contributed by atoms with Crippen LogP contribution in [-0.4, -0.2) is 27.3 Å². The second-order valence-electron chi connectivity index (χ2n) is 4.51. The molecule has 0 aliphatic carbocycles. The van der Waals surface area contributed by atoms with Gasteiger partial charge in [-0.1, -0.05) is 24.3 Å². The maximum atomic E-state index is 5.61. The molecular weight excluding hydrogens is 266 g/mol. The summed E-state index contributed by atoms with van der Waals surface area (Å²) >= 11 is 0. The molecule has 0 bridgehead atoms. The molecule has 21 heavy (non-hydrogen) atoms. The Morgan fingerprint density at radius 2 is 1.76 bits per heavy atom. The lowest BCUT2D eigenvalue weighted by molar-refractivity contribution is 0.414. The predicted molar refractivity (Wildman–Crippen MR) is 79.0 cm³/mol. The third kappa shape index (κ3) is 2.61. The molecule has 0 atom stereocenters. The normalized spacial score (nSPS) is 10.6. The van der Waals surface area contributed by atoms with Crippen LogP contribution in [-0.2, 0) is 6.54 Å². The summed E-state index contributed by atoms with van der Waals surface area (Å²) < 4.78 is 6.85. The Morgan fingerprint density at radius 1 is 1.05 bits per heavy atom. The van der Waals surface area contributed by atoms with Crippen molar-refractivity contribution in [1.82, 2.24) is 20.2 Å². The number of nitrogens with two attached hydrogens (primary N) is 1. The lowest BCUT2D eigenvalue weighted by Gasteiger charge is -2.06. The summed E-state index contributed by atoms with van der Waals surface area (Å²) in [7, 11) is 1.64. The van der Waals surface area contributed by atoms with E-state index in [1.807, 2.05) is 48.5 Å². The molecule has 0 saturated carbocycles. The Labute approximate surface area is 122 Å². The van der Waals surface area contributed by atoms with Crippen LogP contribution < -0.4 is 10.5 Å². The first-order chi connectivity index (χ1) is 10.3. The molecule has 0 spiro atoms.